The van der Waals surface area contributed by atoms with Gasteiger partial charge in [0.05, 0.1) is 16.4 Å². The number of pyridine rings is 1. The lowest BCUT2D eigenvalue weighted by molar-refractivity contribution is -0.384. The van der Waals surface area contributed by atoms with Gasteiger partial charge in [0.25, 0.3) is 5.69 Å². The summed E-state index contributed by atoms with van der Waals surface area (Å²) in [7, 11) is 0. The van der Waals surface area contributed by atoms with Crippen molar-refractivity contribution in [3.63, 3.8) is 0 Å². The Bertz CT molecular complexity index is 470. The highest BCUT2D eigenvalue weighted by Gasteiger charge is 2.50. The lowest BCUT2D eigenvalue weighted by Gasteiger charge is -2.11. The zero-order chi connectivity index (χ0) is 12.5. The molecule has 1 aliphatic carbocycles. The second kappa shape index (κ2) is 4.00. The molecule has 7 nitrogen and oxygen atoms in total. The smallest absolute Gasteiger partial charge is 0.311 e. The molecule has 0 bridgehead atoms. The Morgan fingerprint density at radius 1 is 1.65 bits per heavy atom. The lowest BCUT2D eigenvalue weighted by Crippen LogP contribution is -2.24. The average molecular weight is 237 g/mol. The number of aromatic nitrogens is 1. The lowest BCUT2D eigenvalue weighted by atomic mass is 10.1. The first-order chi connectivity index (χ1) is 8.03. The van der Waals surface area contributed by atoms with E-state index in [4.69, 9.17) is 5.11 Å². The summed E-state index contributed by atoms with van der Waals surface area (Å²) in [6, 6.07) is 2.58. The first-order valence-corrected chi connectivity index (χ1v) is 5.11. The van der Waals surface area contributed by atoms with Crippen molar-refractivity contribution in [1.29, 1.82) is 0 Å². The van der Waals surface area contributed by atoms with Crippen molar-refractivity contribution in [3.8, 4) is 0 Å². The number of carboxylic acid groups (broad SMARTS) is 1. The molecule has 1 aromatic rings. The molecule has 7 heteroatoms. The molecule has 2 rings (SSSR count). The van der Waals surface area contributed by atoms with Crippen LogP contribution >= 0.6 is 0 Å². The summed E-state index contributed by atoms with van der Waals surface area (Å²) in [5.74, 6) is -0.512. The molecular weight excluding hydrogens is 226 g/mol. The number of carboxylic acids is 1. The fraction of sp³-hybridized carbons (Fsp3) is 0.400. The molecule has 0 unspecified atom stereocenters. The Hall–Kier alpha value is -2.18. The summed E-state index contributed by atoms with van der Waals surface area (Å²) in [6.07, 6.45) is 2.58. The third-order valence-electron chi connectivity index (χ3n) is 2.87. The zero-order valence-electron chi connectivity index (χ0n) is 8.92. The molecule has 1 heterocycles. The van der Waals surface area contributed by atoms with Crippen LogP contribution in [0.2, 0.25) is 0 Å². The molecule has 90 valence electrons. The fourth-order valence-corrected chi connectivity index (χ4v) is 1.51. The maximum absolute atomic E-state index is 10.9. The van der Waals surface area contributed by atoms with Crippen molar-refractivity contribution in [1.82, 2.24) is 4.98 Å². The molecule has 0 atom stereocenters. The maximum atomic E-state index is 10.9. The predicted octanol–water partition coefficient (Wildman–Crippen LogP) is 1.27. The molecule has 0 aliphatic heterocycles. The topological polar surface area (TPSA) is 105 Å². The highest BCUT2D eigenvalue weighted by Crippen LogP contribution is 2.45. The third-order valence-corrected chi connectivity index (χ3v) is 2.87. The highest BCUT2D eigenvalue weighted by atomic mass is 16.6. The van der Waals surface area contributed by atoms with Crippen LogP contribution in [-0.2, 0) is 4.79 Å². The predicted molar refractivity (Wildman–Crippen MR) is 58.7 cm³/mol. The molecule has 0 radical (unpaired) electrons. The van der Waals surface area contributed by atoms with Gasteiger partial charge in [-0.2, -0.15) is 0 Å². The monoisotopic (exact) mass is 237 g/mol. The van der Waals surface area contributed by atoms with E-state index in [1.165, 1.54) is 18.3 Å². The zero-order valence-corrected chi connectivity index (χ0v) is 8.92. The van der Waals surface area contributed by atoms with Crippen molar-refractivity contribution in [2.45, 2.75) is 12.8 Å². The Morgan fingerprint density at radius 2 is 2.35 bits per heavy atom. The number of nitro groups is 1. The van der Waals surface area contributed by atoms with Crippen LogP contribution in [0.1, 0.15) is 12.8 Å². The van der Waals surface area contributed by atoms with E-state index in [1.54, 1.807) is 0 Å². The number of rotatable bonds is 5. The summed E-state index contributed by atoms with van der Waals surface area (Å²) >= 11 is 0. The van der Waals surface area contributed by atoms with Gasteiger partial charge < -0.3 is 10.4 Å². The van der Waals surface area contributed by atoms with Gasteiger partial charge in [0.15, 0.2) is 0 Å². The molecule has 1 aliphatic rings. The van der Waals surface area contributed by atoms with Crippen LogP contribution in [0.3, 0.4) is 0 Å². The number of anilines is 1. The van der Waals surface area contributed by atoms with Crippen LogP contribution in [0.25, 0.3) is 0 Å². The normalized spacial score (nSPS) is 16.2. The molecule has 1 saturated carbocycles. The molecule has 0 spiro atoms. The van der Waals surface area contributed by atoms with Crippen molar-refractivity contribution in [2.24, 2.45) is 5.41 Å². The average Bonchev–Trinajstić information content (AvgIpc) is 3.08. The van der Waals surface area contributed by atoms with Gasteiger partial charge in [0.1, 0.15) is 5.82 Å². The SMILES string of the molecule is O=C(O)C1(CNc2cc([N+](=O)[O-])ccn2)CC1. The summed E-state index contributed by atoms with van der Waals surface area (Å²) in [4.78, 5) is 24.8. The van der Waals surface area contributed by atoms with Crippen LogP contribution in [-0.4, -0.2) is 27.5 Å². The Morgan fingerprint density at radius 3 is 2.88 bits per heavy atom. The number of hydrogen-bond acceptors (Lipinski definition) is 5. The fourth-order valence-electron chi connectivity index (χ4n) is 1.51. The van der Waals surface area contributed by atoms with Crippen molar-refractivity contribution < 1.29 is 14.8 Å². The number of carbonyl (C=O) groups is 1. The van der Waals surface area contributed by atoms with Crippen LogP contribution in [0.5, 0.6) is 0 Å². The van der Waals surface area contributed by atoms with E-state index in [0.29, 0.717) is 18.7 Å². The molecule has 0 saturated heterocycles. The number of aliphatic carboxylic acids is 1. The van der Waals surface area contributed by atoms with Crippen molar-refractivity contribution in [3.05, 3.63) is 28.4 Å². The highest BCUT2D eigenvalue weighted by molar-refractivity contribution is 5.78. The number of hydrogen-bond donors (Lipinski definition) is 2. The quantitative estimate of drug-likeness (QED) is 0.590. The summed E-state index contributed by atoms with van der Waals surface area (Å²) in [5.41, 5.74) is -0.783. The first-order valence-electron chi connectivity index (χ1n) is 5.11. The second-order valence-corrected chi connectivity index (χ2v) is 4.10. The minimum Gasteiger partial charge on any atom is -0.481 e. The first kappa shape index (κ1) is 11.3. The Labute approximate surface area is 96.6 Å². The largest absolute Gasteiger partial charge is 0.481 e. The van der Waals surface area contributed by atoms with Crippen molar-refractivity contribution in [2.75, 3.05) is 11.9 Å². The van der Waals surface area contributed by atoms with E-state index < -0.39 is 16.3 Å². The maximum Gasteiger partial charge on any atom is 0.311 e. The molecule has 0 amide bonds. The molecule has 17 heavy (non-hydrogen) atoms. The van der Waals surface area contributed by atoms with E-state index in [1.807, 2.05) is 0 Å². The van der Waals surface area contributed by atoms with Gasteiger partial charge in [-0.25, -0.2) is 4.98 Å². The van der Waals surface area contributed by atoms with E-state index in [0.717, 1.165) is 0 Å². The molecule has 2 N–H and O–H groups in total. The van der Waals surface area contributed by atoms with E-state index in [2.05, 4.69) is 10.3 Å². The van der Waals surface area contributed by atoms with Gasteiger partial charge in [-0.3, -0.25) is 14.9 Å². The summed E-state index contributed by atoms with van der Waals surface area (Å²) in [6.45, 7) is 0.247. The molecule has 1 fully saturated rings. The Balaban J connectivity index is 2.02. The summed E-state index contributed by atoms with van der Waals surface area (Å²) in [5, 5.41) is 22.3. The van der Waals surface area contributed by atoms with Crippen LogP contribution in [0, 0.1) is 15.5 Å². The van der Waals surface area contributed by atoms with Gasteiger partial charge in [0, 0.05) is 18.8 Å². The van der Waals surface area contributed by atoms with E-state index in [9.17, 15) is 14.9 Å². The molecular formula is C10H11N3O4. The minimum atomic E-state index is -0.838. The Kier molecular flexibility index (Phi) is 2.66. The van der Waals surface area contributed by atoms with E-state index >= 15 is 0 Å². The number of nitrogens with one attached hydrogen (secondary N) is 1. The second-order valence-electron chi connectivity index (χ2n) is 4.10. The van der Waals surface area contributed by atoms with Crippen LogP contribution in [0.4, 0.5) is 11.5 Å². The molecule has 0 aromatic carbocycles. The van der Waals surface area contributed by atoms with Gasteiger partial charge in [-0.1, -0.05) is 0 Å². The van der Waals surface area contributed by atoms with Gasteiger partial charge in [-0.15, -0.1) is 0 Å². The van der Waals surface area contributed by atoms with E-state index in [-0.39, 0.29) is 12.2 Å². The van der Waals surface area contributed by atoms with Crippen LogP contribution in [0.15, 0.2) is 18.3 Å². The molecule has 1 aromatic heterocycles. The third kappa shape index (κ3) is 2.32. The number of nitrogens with zero attached hydrogens (tertiary/aromatic N) is 2. The standard InChI is InChI=1S/C10H11N3O4/c14-9(15)10(2-3-10)6-12-8-5-7(13(16)17)1-4-11-8/h1,4-5H,2-3,6H2,(H,11,12)(H,14,15). The summed E-state index contributed by atoms with van der Waals surface area (Å²) < 4.78 is 0. The van der Waals surface area contributed by atoms with Gasteiger partial charge in [-0.05, 0) is 12.8 Å². The van der Waals surface area contributed by atoms with Crippen molar-refractivity contribution >= 4 is 17.5 Å². The van der Waals surface area contributed by atoms with Crippen LogP contribution < -0.4 is 5.32 Å². The van der Waals surface area contributed by atoms with Gasteiger partial charge in [0.2, 0.25) is 0 Å². The minimum absolute atomic E-state index is 0.0670. The van der Waals surface area contributed by atoms with Gasteiger partial charge >= 0.3 is 5.97 Å².